The van der Waals surface area contributed by atoms with Gasteiger partial charge < -0.3 is 14.8 Å². The van der Waals surface area contributed by atoms with Crippen molar-refractivity contribution in [3.05, 3.63) is 63.6 Å². The number of amides is 2. The zero-order chi connectivity index (χ0) is 24.0. The van der Waals surface area contributed by atoms with E-state index in [-0.39, 0.29) is 42.1 Å². The van der Waals surface area contributed by atoms with Gasteiger partial charge in [-0.1, -0.05) is 6.08 Å². The zero-order valence-corrected chi connectivity index (χ0v) is 18.7. The molecule has 11 heteroatoms. The number of rotatable bonds is 5. The number of nitrogens with zero attached hydrogens (tertiary/aromatic N) is 6. The Balaban J connectivity index is 1.61. The van der Waals surface area contributed by atoms with Gasteiger partial charge in [0.15, 0.2) is 0 Å². The highest BCUT2D eigenvalue weighted by atomic mass is 19.1. The summed E-state index contributed by atoms with van der Waals surface area (Å²) in [5.74, 6) is -1.14. The Hall–Kier alpha value is -4.15. The molecule has 0 aromatic carbocycles. The van der Waals surface area contributed by atoms with Crippen LogP contribution in [0.2, 0.25) is 0 Å². The fraction of sp³-hybridized carbons (Fsp3) is 0.304. The highest BCUT2D eigenvalue weighted by Gasteiger charge is 2.36. The Bertz CT molecular complexity index is 1430. The number of hydrogen-bond donors (Lipinski definition) is 1. The van der Waals surface area contributed by atoms with Crippen molar-refractivity contribution in [1.82, 2.24) is 24.1 Å². The number of aromatic nitrogens is 4. The number of fused-ring (bicyclic) bond motifs is 2. The van der Waals surface area contributed by atoms with E-state index < -0.39 is 11.7 Å². The summed E-state index contributed by atoms with van der Waals surface area (Å²) in [6, 6.07) is 4.12. The van der Waals surface area contributed by atoms with Gasteiger partial charge in [0.05, 0.1) is 30.5 Å². The van der Waals surface area contributed by atoms with Crippen molar-refractivity contribution in [1.29, 1.82) is 0 Å². The van der Waals surface area contributed by atoms with E-state index in [0.29, 0.717) is 29.9 Å². The summed E-state index contributed by atoms with van der Waals surface area (Å²) in [4.78, 5) is 49.1. The molecule has 174 valence electrons. The molecule has 2 amide bonds. The summed E-state index contributed by atoms with van der Waals surface area (Å²) in [6.45, 7) is 4.15. The molecule has 2 aliphatic heterocycles. The average molecular weight is 463 g/mol. The van der Waals surface area contributed by atoms with Crippen LogP contribution in [0.5, 0.6) is 0 Å². The van der Waals surface area contributed by atoms with Crippen LogP contribution < -0.4 is 10.9 Å². The van der Waals surface area contributed by atoms with E-state index in [1.165, 1.54) is 21.2 Å². The second-order valence-electron chi connectivity index (χ2n) is 8.44. The zero-order valence-electron chi connectivity index (χ0n) is 18.7. The first-order valence-electron chi connectivity index (χ1n) is 10.9. The summed E-state index contributed by atoms with van der Waals surface area (Å²) in [7, 11) is 0. The fourth-order valence-corrected chi connectivity index (χ4v) is 4.19. The van der Waals surface area contributed by atoms with E-state index in [0.717, 1.165) is 11.8 Å². The molecule has 0 spiro atoms. The van der Waals surface area contributed by atoms with Gasteiger partial charge in [-0.15, -0.1) is 0 Å². The Morgan fingerprint density at radius 1 is 1.26 bits per heavy atom. The molecule has 0 fully saturated rings. The van der Waals surface area contributed by atoms with Gasteiger partial charge in [-0.3, -0.25) is 19.4 Å². The van der Waals surface area contributed by atoms with Crippen LogP contribution in [0.4, 0.5) is 10.2 Å². The maximum absolute atomic E-state index is 13.3. The van der Waals surface area contributed by atoms with E-state index in [4.69, 9.17) is 0 Å². The van der Waals surface area contributed by atoms with Crippen LogP contribution in [-0.4, -0.2) is 54.7 Å². The second-order valence-corrected chi connectivity index (χ2v) is 8.44. The number of halogens is 1. The van der Waals surface area contributed by atoms with Crippen LogP contribution in [-0.2, 0) is 17.9 Å². The molecule has 34 heavy (non-hydrogen) atoms. The number of aliphatic imine (C=N–C) groups is 1. The molecule has 0 unspecified atom stereocenters. The lowest BCUT2D eigenvalue weighted by Gasteiger charge is -2.20. The number of nitrogens with one attached hydrogen (secondary N) is 1. The van der Waals surface area contributed by atoms with Crippen molar-refractivity contribution < 1.29 is 14.0 Å². The van der Waals surface area contributed by atoms with Crippen molar-refractivity contribution in [3.8, 4) is 0 Å². The quantitative estimate of drug-likeness (QED) is 0.621. The van der Waals surface area contributed by atoms with Gasteiger partial charge in [-0.2, -0.15) is 9.61 Å². The predicted octanol–water partition coefficient (Wildman–Crippen LogP) is 1.89. The van der Waals surface area contributed by atoms with Gasteiger partial charge in [-0.05, 0) is 31.6 Å². The van der Waals surface area contributed by atoms with Crippen molar-refractivity contribution in [2.75, 3.05) is 11.9 Å². The third-order valence-electron chi connectivity index (χ3n) is 5.90. The second kappa shape index (κ2) is 8.32. The number of carbonyl (C=O) groups excluding carboxylic acids is 2. The number of carbonyl (C=O) groups is 2. The average Bonchev–Trinajstić information content (AvgIpc) is 3.42. The van der Waals surface area contributed by atoms with E-state index in [9.17, 15) is 18.8 Å². The molecule has 3 aromatic rings. The summed E-state index contributed by atoms with van der Waals surface area (Å²) >= 11 is 0. The standard InChI is InChI=1S/C23H22FN7O3/c1-13(2)29-11-16-21(23(29)34)30(12-19(32)27-18-4-3-15(24)10-26-18)20-9-17(28-31(20)22(16)33)14-5-7-25-8-6-14/h3-5,8-10,13H,6-7,11-12H2,1-2H3,(H,26,27,32). The number of anilines is 1. The molecule has 3 aromatic heterocycles. The van der Waals surface area contributed by atoms with Crippen molar-refractivity contribution in [2.24, 2.45) is 4.99 Å². The Morgan fingerprint density at radius 2 is 2.09 bits per heavy atom. The minimum Gasteiger partial charge on any atom is -0.330 e. The van der Waals surface area contributed by atoms with Crippen molar-refractivity contribution in [2.45, 2.75) is 39.4 Å². The van der Waals surface area contributed by atoms with E-state index in [1.54, 1.807) is 17.2 Å². The van der Waals surface area contributed by atoms with Gasteiger partial charge in [0.25, 0.3) is 11.5 Å². The van der Waals surface area contributed by atoms with Crippen LogP contribution >= 0.6 is 0 Å². The normalized spacial score (nSPS) is 15.2. The van der Waals surface area contributed by atoms with Gasteiger partial charge in [-0.25, -0.2) is 9.37 Å². The summed E-state index contributed by atoms with van der Waals surface area (Å²) in [5, 5.41) is 7.12. The Labute approximate surface area is 193 Å². The predicted molar refractivity (Wildman–Crippen MR) is 123 cm³/mol. The topological polar surface area (TPSA) is 114 Å². The lowest BCUT2D eigenvalue weighted by atomic mass is 10.1. The molecule has 0 radical (unpaired) electrons. The molecule has 0 saturated carbocycles. The summed E-state index contributed by atoms with van der Waals surface area (Å²) < 4.78 is 15.9. The largest absolute Gasteiger partial charge is 0.330 e. The molecular weight excluding hydrogens is 441 g/mol. The number of hydrogen-bond acceptors (Lipinski definition) is 6. The molecule has 0 saturated heterocycles. The van der Waals surface area contributed by atoms with E-state index in [1.807, 2.05) is 19.9 Å². The molecule has 2 aliphatic rings. The molecule has 10 nitrogen and oxygen atoms in total. The van der Waals surface area contributed by atoms with Crippen LogP contribution in [0, 0.1) is 5.82 Å². The van der Waals surface area contributed by atoms with E-state index >= 15 is 0 Å². The fourth-order valence-electron chi connectivity index (χ4n) is 4.19. The summed E-state index contributed by atoms with van der Waals surface area (Å²) in [5.41, 5.74) is 1.94. The number of dihydropyridines is 1. The highest BCUT2D eigenvalue weighted by molar-refractivity contribution is 5.99. The smallest absolute Gasteiger partial charge is 0.280 e. The highest BCUT2D eigenvalue weighted by Crippen LogP contribution is 2.26. The molecule has 0 aliphatic carbocycles. The molecule has 0 atom stereocenters. The molecule has 5 rings (SSSR count). The monoisotopic (exact) mass is 463 g/mol. The Kier molecular flexibility index (Phi) is 5.31. The van der Waals surface area contributed by atoms with Gasteiger partial charge in [0.1, 0.15) is 29.5 Å². The van der Waals surface area contributed by atoms with Gasteiger partial charge >= 0.3 is 0 Å². The van der Waals surface area contributed by atoms with Crippen molar-refractivity contribution in [3.63, 3.8) is 0 Å². The van der Waals surface area contributed by atoms with Crippen LogP contribution in [0.3, 0.4) is 0 Å². The summed E-state index contributed by atoms with van der Waals surface area (Å²) in [6.07, 6.45) is 5.30. The number of allylic oxidation sites excluding steroid dienone is 1. The lowest BCUT2D eigenvalue weighted by molar-refractivity contribution is -0.116. The molecule has 5 heterocycles. The van der Waals surface area contributed by atoms with Gasteiger partial charge in [0.2, 0.25) is 5.91 Å². The Morgan fingerprint density at radius 3 is 2.76 bits per heavy atom. The maximum atomic E-state index is 13.3. The SMILES string of the molecule is CC(C)N1Cc2c(n(CC(=O)Nc3ccc(F)cn3)c3cc(C4=CCN=CC4)nn3c2=O)C1=O. The molecule has 0 bridgehead atoms. The van der Waals surface area contributed by atoms with Crippen LogP contribution in [0.15, 0.2) is 40.3 Å². The third kappa shape index (κ3) is 3.68. The minimum atomic E-state index is -0.522. The third-order valence-corrected chi connectivity index (χ3v) is 5.90. The lowest BCUT2D eigenvalue weighted by Crippen LogP contribution is -2.32. The molecule has 1 N–H and O–H groups in total. The maximum Gasteiger partial charge on any atom is 0.280 e. The first-order chi connectivity index (χ1) is 16.3. The first-order valence-corrected chi connectivity index (χ1v) is 10.9. The first kappa shape index (κ1) is 21.7. The van der Waals surface area contributed by atoms with Crippen LogP contribution in [0.1, 0.15) is 42.0 Å². The molecular formula is C23H22FN7O3. The van der Waals surface area contributed by atoms with Crippen molar-refractivity contribution >= 4 is 35.1 Å². The minimum absolute atomic E-state index is 0.125. The van der Waals surface area contributed by atoms with Gasteiger partial charge in [0, 0.05) is 24.7 Å². The van der Waals surface area contributed by atoms with E-state index in [2.05, 4.69) is 20.4 Å². The number of pyridine rings is 1. The van der Waals surface area contributed by atoms with Crippen LogP contribution in [0.25, 0.3) is 11.2 Å².